The van der Waals surface area contributed by atoms with Crippen molar-refractivity contribution in [3.8, 4) is 0 Å². The lowest BCUT2D eigenvalue weighted by Crippen LogP contribution is -2.17. The van der Waals surface area contributed by atoms with Crippen LogP contribution in [0.15, 0.2) is 23.9 Å². The van der Waals surface area contributed by atoms with Gasteiger partial charge in [0.1, 0.15) is 0 Å². The topological polar surface area (TPSA) is 3.24 Å². The summed E-state index contributed by atoms with van der Waals surface area (Å²) in [6.45, 7) is 1.47. The van der Waals surface area contributed by atoms with Crippen LogP contribution in [0.3, 0.4) is 0 Å². The van der Waals surface area contributed by atoms with Crippen LogP contribution in [0.1, 0.15) is 26.7 Å². The largest absolute Gasteiger partial charge is 0.325 e. The molecular formula is C10H17F2N. The summed E-state index contributed by atoms with van der Waals surface area (Å²) in [6, 6.07) is 0. The molecule has 0 bridgehead atoms. The third kappa shape index (κ3) is 6.31. The monoisotopic (exact) mass is 189 g/mol. The van der Waals surface area contributed by atoms with Crippen LogP contribution in [0.4, 0.5) is 8.78 Å². The van der Waals surface area contributed by atoms with E-state index in [4.69, 9.17) is 0 Å². The third-order valence-electron chi connectivity index (χ3n) is 1.55. The molecule has 0 radical (unpaired) electrons. The molecule has 0 atom stereocenters. The highest BCUT2D eigenvalue weighted by atomic mass is 19.3. The molecule has 0 aliphatic heterocycles. The molecule has 0 unspecified atom stereocenters. The maximum atomic E-state index is 12.0. The summed E-state index contributed by atoms with van der Waals surface area (Å²) in [6.07, 6.45) is 7.36. The van der Waals surface area contributed by atoms with E-state index in [1.165, 1.54) is 13.2 Å². The Morgan fingerprint density at radius 3 is 2.54 bits per heavy atom. The van der Waals surface area contributed by atoms with E-state index in [0.717, 1.165) is 23.3 Å². The lowest BCUT2D eigenvalue weighted by Gasteiger charge is -2.12. The first-order chi connectivity index (χ1) is 6.07. The minimum Gasteiger partial charge on any atom is -0.325 e. The van der Waals surface area contributed by atoms with Crippen LogP contribution in [0.5, 0.6) is 0 Å². The van der Waals surface area contributed by atoms with Crippen LogP contribution in [0, 0.1) is 0 Å². The lowest BCUT2D eigenvalue weighted by molar-refractivity contribution is 0.0223. The molecule has 0 aromatic rings. The van der Waals surface area contributed by atoms with E-state index in [2.05, 4.69) is 6.92 Å². The molecule has 0 heterocycles. The van der Waals surface area contributed by atoms with E-state index in [1.54, 1.807) is 0 Å². The van der Waals surface area contributed by atoms with Gasteiger partial charge < -0.3 is 4.90 Å². The number of halogens is 2. The van der Waals surface area contributed by atoms with E-state index >= 15 is 0 Å². The van der Waals surface area contributed by atoms with Gasteiger partial charge in [-0.05, 0) is 18.9 Å². The normalized spacial score (nSPS) is 12.9. The maximum absolute atomic E-state index is 12.0. The summed E-state index contributed by atoms with van der Waals surface area (Å²) in [7, 11) is 1.36. The molecule has 0 amide bonds. The molecular weight excluding hydrogens is 172 g/mol. The fourth-order valence-corrected chi connectivity index (χ4v) is 0.856. The first-order valence-electron chi connectivity index (χ1n) is 4.43. The number of nitrogens with zero attached hydrogens (tertiary/aromatic N) is 1. The fourth-order valence-electron chi connectivity index (χ4n) is 0.856. The van der Waals surface area contributed by atoms with Crippen molar-refractivity contribution in [3.05, 3.63) is 23.9 Å². The van der Waals surface area contributed by atoms with Crippen molar-refractivity contribution in [2.75, 3.05) is 7.05 Å². The Balaban J connectivity index is 4.00. The van der Waals surface area contributed by atoms with E-state index in [9.17, 15) is 8.78 Å². The molecule has 0 aromatic carbocycles. The van der Waals surface area contributed by atoms with Gasteiger partial charge in [0.25, 0.3) is 0 Å². The first-order valence-corrected chi connectivity index (χ1v) is 4.43. The maximum Gasteiger partial charge on any atom is 0.314 e. The van der Waals surface area contributed by atoms with Gasteiger partial charge in [-0.3, -0.25) is 0 Å². The zero-order chi connectivity index (χ0) is 10.3. The second-order valence-corrected chi connectivity index (χ2v) is 3.01. The van der Waals surface area contributed by atoms with Gasteiger partial charge in [-0.25, -0.2) is 0 Å². The molecule has 0 N–H and O–H groups in total. The van der Waals surface area contributed by atoms with Crippen molar-refractivity contribution >= 4 is 0 Å². The summed E-state index contributed by atoms with van der Waals surface area (Å²) in [4.78, 5) is 0.894. The van der Waals surface area contributed by atoms with Gasteiger partial charge in [-0.15, -0.1) is 0 Å². The Morgan fingerprint density at radius 2 is 2.08 bits per heavy atom. The predicted octanol–water partition coefficient (Wildman–Crippen LogP) is 3.40. The Bertz CT molecular complexity index is 185. The Hall–Kier alpha value is -0.860. The van der Waals surface area contributed by atoms with Gasteiger partial charge in [-0.1, -0.05) is 25.5 Å². The van der Waals surface area contributed by atoms with Crippen molar-refractivity contribution in [2.45, 2.75) is 33.2 Å². The summed E-state index contributed by atoms with van der Waals surface area (Å²) in [5.74, 6) is 0. The quantitative estimate of drug-likeness (QED) is 0.473. The molecule has 0 aliphatic rings. The average Bonchev–Trinajstić information content (AvgIpc) is 2.04. The predicted molar refractivity (Wildman–Crippen MR) is 51.6 cm³/mol. The summed E-state index contributed by atoms with van der Waals surface area (Å²) in [5, 5.41) is 0. The van der Waals surface area contributed by atoms with Crippen LogP contribution in [-0.4, -0.2) is 18.5 Å². The SMILES string of the molecule is CCC/C=C/C(C)=C\N(C)C(F)F. The number of hydrogen-bond donors (Lipinski definition) is 0. The zero-order valence-corrected chi connectivity index (χ0v) is 8.43. The molecule has 0 aliphatic carbocycles. The molecule has 0 fully saturated rings. The summed E-state index contributed by atoms with van der Waals surface area (Å²) < 4.78 is 24.1. The van der Waals surface area contributed by atoms with Gasteiger partial charge in [0.05, 0.1) is 0 Å². The summed E-state index contributed by atoms with van der Waals surface area (Å²) in [5.41, 5.74) is 0.844. The van der Waals surface area contributed by atoms with Gasteiger partial charge in [0.15, 0.2) is 0 Å². The van der Waals surface area contributed by atoms with Crippen LogP contribution in [-0.2, 0) is 0 Å². The van der Waals surface area contributed by atoms with E-state index in [1.807, 2.05) is 19.1 Å². The van der Waals surface area contributed by atoms with Gasteiger partial charge >= 0.3 is 6.55 Å². The molecule has 0 rings (SSSR count). The highest BCUT2D eigenvalue weighted by Gasteiger charge is 2.04. The Kier molecular flexibility index (Phi) is 6.20. The molecule has 0 spiro atoms. The summed E-state index contributed by atoms with van der Waals surface area (Å²) >= 11 is 0. The van der Waals surface area contributed by atoms with Crippen molar-refractivity contribution in [3.63, 3.8) is 0 Å². The van der Waals surface area contributed by atoms with Crippen molar-refractivity contribution in [1.82, 2.24) is 4.90 Å². The average molecular weight is 189 g/mol. The van der Waals surface area contributed by atoms with Gasteiger partial charge in [-0.2, -0.15) is 8.78 Å². The fraction of sp³-hybridized carbons (Fsp3) is 0.600. The second-order valence-electron chi connectivity index (χ2n) is 3.01. The lowest BCUT2D eigenvalue weighted by atomic mass is 10.2. The molecule has 0 saturated carbocycles. The van der Waals surface area contributed by atoms with E-state index < -0.39 is 6.55 Å². The highest BCUT2D eigenvalue weighted by molar-refractivity contribution is 5.14. The standard InChI is InChI=1S/C10H17F2N/c1-4-5-6-7-9(2)8-13(3)10(11)12/h6-8,10H,4-5H2,1-3H3/b7-6+,9-8-. The number of allylic oxidation sites excluding steroid dienone is 3. The molecule has 76 valence electrons. The van der Waals surface area contributed by atoms with Gasteiger partial charge in [0, 0.05) is 13.2 Å². The smallest absolute Gasteiger partial charge is 0.314 e. The van der Waals surface area contributed by atoms with E-state index in [-0.39, 0.29) is 0 Å². The number of rotatable bonds is 5. The van der Waals surface area contributed by atoms with Crippen LogP contribution in [0.25, 0.3) is 0 Å². The van der Waals surface area contributed by atoms with Crippen LogP contribution >= 0.6 is 0 Å². The molecule has 0 aromatic heterocycles. The Morgan fingerprint density at radius 1 is 1.46 bits per heavy atom. The van der Waals surface area contributed by atoms with Crippen molar-refractivity contribution in [1.29, 1.82) is 0 Å². The minimum absolute atomic E-state index is 0.844. The minimum atomic E-state index is -2.42. The van der Waals surface area contributed by atoms with Crippen molar-refractivity contribution < 1.29 is 8.78 Å². The van der Waals surface area contributed by atoms with Crippen LogP contribution < -0.4 is 0 Å². The molecule has 13 heavy (non-hydrogen) atoms. The molecule has 1 nitrogen and oxygen atoms in total. The number of alkyl halides is 2. The van der Waals surface area contributed by atoms with Crippen molar-refractivity contribution in [2.24, 2.45) is 0 Å². The van der Waals surface area contributed by atoms with E-state index in [0.29, 0.717) is 0 Å². The Labute approximate surface area is 78.7 Å². The zero-order valence-electron chi connectivity index (χ0n) is 8.43. The van der Waals surface area contributed by atoms with Crippen LogP contribution in [0.2, 0.25) is 0 Å². The number of hydrogen-bond acceptors (Lipinski definition) is 1. The van der Waals surface area contributed by atoms with Gasteiger partial charge in [0.2, 0.25) is 0 Å². The second kappa shape index (κ2) is 6.63. The highest BCUT2D eigenvalue weighted by Crippen LogP contribution is 2.04. The molecule has 0 saturated heterocycles. The third-order valence-corrected chi connectivity index (χ3v) is 1.55. The number of unbranched alkanes of at least 4 members (excludes halogenated alkanes) is 1. The molecule has 3 heteroatoms. The first kappa shape index (κ1) is 12.1.